The van der Waals surface area contributed by atoms with E-state index in [1.54, 1.807) is 0 Å². The van der Waals surface area contributed by atoms with E-state index in [1.165, 1.54) is 0 Å². The number of benzene rings is 1. The molecule has 3 nitrogen and oxygen atoms in total. The second-order valence-corrected chi connectivity index (χ2v) is 2.42. The van der Waals surface area contributed by atoms with Gasteiger partial charge in [0.05, 0.1) is 12.2 Å². The summed E-state index contributed by atoms with van der Waals surface area (Å²) in [5.41, 5.74) is 6.22. The summed E-state index contributed by atoms with van der Waals surface area (Å²) in [7, 11) is 0. The van der Waals surface area contributed by atoms with E-state index in [-0.39, 0.29) is 0 Å². The highest BCUT2D eigenvalue weighted by molar-refractivity contribution is 5.92. The Morgan fingerprint density at radius 1 is 1.58 bits per heavy atom. The Labute approximate surface area is 71.7 Å². The molecule has 4 N–H and O–H groups in total. The lowest BCUT2D eigenvalue weighted by atomic mass is 10.2. The molecule has 0 unspecified atom stereocenters. The Morgan fingerprint density at radius 3 is 2.92 bits per heavy atom. The monoisotopic (exact) mass is 165 g/mol. The highest BCUT2D eigenvalue weighted by atomic mass is 16.5. The fraction of sp³-hybridized carbons (Fsp3) is 0.222. The fourth-order valence-corrected chi connectivity index (χ4v) is 0.932. The lowest BCUT2D eigenvalue weighted by Gasteiger charge is -2.02. The minimum absolute atomic E-state index is 0.316. The molecule has 0 spiro atoms. The van der Waals surface area contributed by atoms with Gasteiger partial charge in [0.1, 0.15) is 5.75 Å². The summed E-state index contributed by atoms with van der Waals surface area (Å²) in [6, 6.07) is 7.40. The molecule has 0 heterocycles. The number of hydrogen-bond donors (Lipinski definition) is 2. The molecule has 0 saturated heterocycles. The third-order valence-electron chi connectivity index (χ3n) is 1.48. The maximum atomic E-state index is 5.42. The molecule has 3 heteroatoms. The summed E-state index contributed by atoms with van der Waals surface area (Å²) in [4.78, 5) is 0. The number of ether oxygens (including phenoxy) is 1. The van der Waals surface area contributed by atoms with Crippen molar-refractivity contribution in [3.8, 4) is 5.75 Å². The first-order chi connectivity index (χ1) is 5.74. The molecule has 12 heavy (non-hydrogen) atoms. The minimum Gasteiger partial charge on any atom is -0.494 e. The molecular formula is C9H13N2O+. The molecule has 0 saturated carbocycles. The van der Waals surface area contributed by atoms with Crippen LogP contribution < -0.4 is 15.9 Å². The van der Waals surface area contributed by atoms with Gasteiger partial charge in [0, 0.05) is 0 Å². The zero-order chi connectivity index (χ0) is 8.97. The van der Waals surface area contributed by atoms with Crippen LogP contribution in [0.3, 0.4) is 0 Å². The van der Waals surface area contributed by atoms with Crippen LogP contribution in [0.25, 0.3) is 0 Å². The highest BCUT2D eigenvalue weighted by Gasteiger charge is 2.01. The van der Waals surface area contributed by atoms with Crippen LogP contribution >= 0.6 is 0 Å². The first-order valence-corrected chi connectivity index (χ1v) is 3.85. The number of rotatable bonds is 3. The van der Waals surface area contributed by atoms with Gasteiger partial charge >= 0.3 is 0 Å². The van der Waals surface area contributed by atoms with Crippen LogP contribution in [0.2, 0.25) is 0 Å². The third kappa shape index (κ3) is 1.99. The maximum absolute atomic E-state index is 5.42. The third-order valence-corrected chi connectivity index (χ3v) is 1.48. The van der Waals surface area contributed by atoms with E-state index in [2.05, 4.69) is 0 Å². The molecule has 0 aliphatic rings. The average Bonchev–Trinajstić information content (AvgIpc) is 2.05. The zero-order valence-electron chi connectivity index (χ0n) is 7.08. The Morgan fingerprint density at radius 2 is 2.33 bits per heavy atom. The Balaban J connectivity index is 2.88. The van der Waals surface area contributed by atoms with Gasteiger partial charge in [0.2, 0.25) is 0 Å². The van der Waals surface area contributed by atoms with Gasteiger partial charge < -0.3 is 4.74 Å². The Bertz CT molecular complexity index is 284. The van der Waals surface area contributed by atoms with Crippen molar-refractivity contribution in [2.24, 2.45) is 5.73 Å². The predicted octanol–water partition coefficient (Wildman–Crippen LogP) is -0.450. The standard InChI is InChI=1S/C9H12N2O/c1-2-12-8-5-3-4-7(6-8)9(10)11/h3-6H,2H2,1H3,(H3,10,11)/p+1. The number of amidine groups is 1. The quantitative estimate of drug-likeness (QED) is 0.470. The van der Waals surface area contributed by atoms with Gasteiger partial charge in [-0.25, -0.2) is 0 Å². The van der Waals surface area contributed by atoms with Gasteiger partial charge in [-0.05, 0) is 25.1 Å². The van der Waals surface area contributed by atoms with Gasteiger partial charge in [-0.15, -0.1) is 0 Å². The van der Waals surface area contributed by atoms with E-state index in [1.807, 2.05) is 31.2 Å². The summed E-state index contributed by atoms with van der Waals surface area (Å²) >= 11 is 0. The van der Waals surface area contributed by atoms with E-state index in [0.717, 1.165) is 11.3 Å². The SMILES string of the molecule is CCOc1cccc(C(N)=[NH2+])c1. The van der Waals surface area contributed by atoms with E-state index >= 15 is 0 Å². The first-order valence-electron chi connectivity index (χ1n) is 3.85. The molecule has 1 rings (SSSR count). The van der Waals surface area contributed by atoms with E-state index in [9.17, 15) is 0 Å². The minimum atomic E-state index is 0.316. The molecule has 1 aromatic rings. The molecule has 0 fully saturated rings. The summed E-state index contributed by atoms with van der Waals surface area (Å²) in [5.74, 6) is 1.11. The Hall–Kier alpha value is -1.51. The van der Waals surface area contributed by atoms with Crippen molar-refractivity contribution in [2.45, 2.75) is 6.92 Å². The average molecular weight is 165 g/mol. The largest absolute Gasteiger partial charge is 0.494 e. The topological polar surface area (TPSA) is 60.8 Å². The zero-order valence-corrected chi connectivity index (χ0v) is 7.08. The van der Waals surface area contributed by atoms with Crippen LogP contribution in [-0.2, 0) is 0 Å². The summed E-state index contributed by atoms with van der Waals surface area (Å²) in [6.07, 6.45) is 0. The Kier molecular flexibility index (Phi) is 2.69. The van der Waals surface area contributed by atoms with E-state index in [0.29, 0.717) is 12.4 Å². The van der Waals surface area contributed by atoms with Crippen molar-refractivity contribution in [3.05, 3.63) is 29.8 Å². The lowest BCUT2D eigenvalue weighted by molar-refractivity contribution is -0.114. The molecule has 0 aliphatic carbocycles. The van der Waals surface area contributed by atoms with Gasteiger partial charge in [-0.3, -0.25) is 11.1 Å². The second kappa shape index (κ2) is 3.76. The van der Waals surface area contributed by atoms with Crippen molar-refractivity contribution in [2.75, 3.05) is 6.61 Å². The molecule has 0 aliphatic heterocycles. The van der Waals surface area contributed by atoms with Crippen LogP contribution in [0.5, 0.6) is 5.75 Å². The first kappa shape index (κ1) is 8.59. The molecular weight excluding hydrogens is 152 g/mol. The van der Waals surface area contributed by atoms with Gasteiger partial charge in [0.15, 0.2) is 0 Å². The maximum Gasteiger partial charge on any atom is 0.270 e. The molecule has 0 radical (unpaired) electrons. The molecule has 0 amide bonds. The van der Waals surface area contributed by atoms with Crippen molar-refractivity contribution >= 4 is 5.84 Å². The van der Waals surface area contributed by atoms with Crippen molar-refractivity contribution in [3.63, 3.8) is 0 Å². The normalized spacial score (nSPS) is 9.42. The highest BCUT2D eigenvalue weighted by Crippen LogP contribution is 2.11. The molecule has 64 valence electrons. The van der Waals surface area contributed by atoms with Gasteiger partial charge in [-0.2, -0.15) is 0 Å². The van der Waals surface area contributed by atoms with Gasteiger partial charge in [-0.1, -0.05) is 6.07 Å². The van der Waals surface area contributed by atoms with Crippen LogP contribution in [0.4, 0.5) is 0 Å². The van der Waals surface area contributed by atoms with E-state index < -0.39 is 0 Å². The van der Waals surface area contributed by atoms with Crippen LogP contribution in [-0.4, -0.2) is 12.4 Å². The summed E-state index contributed by atoms with van der Waals surface area (Å²) in [6.45, 7) is 2.58. The number of hydrogen-bond acceptors (Lipinski definition) is 1. The van der Waals surface area contributed by atoms with Crippen molar-refractivity contribution < 1.29 is 10.1 Å². The van der Waals surface area contributed by atoms with Crippen molar-refractivity contribution in [1.82, 2.24) is 0 Å². The van der Waals surface area contributed by atoms with Crippen LogP contribution in [0.1, 0.15) is 12.5 Å². The molecule has 0 atom stereocenters. The number of nitrogens with two attached hydrogens (primary N) is 2. The predicted molar refractivity (Wildman–Crippen MR) is 47.8 cm³/mol. The van der Waals surface area contributed by atoms with Gasteiger partial charge in [0.25, 0.3) is 5.84 Å². The lowest BCUT2D eigenvalue weighted by Crippen LogP contribution is -2.46. The van der Waals surface area contributed by atoms with Crippen LogP contribution in [0.15, 0.2) is 24.3 Å². The van der Waals surface area contributed by atoms with Crippen LogP contribution in [0, 0.1) is 0 Å². The van der Waals surface area contributed by atoms with Crippen molar-refractivity contribution in [1.29, 1.82) is 0 Å². The summed E-state index contributed by atoms with van der Waals surface area (Å²) < 4.78 is 5.27. The fourth-order valence-electron chi connectivity index (χ4n) is 0.932. The summed E-state index contributed by atoms with van der Waals surface area (Å²) in [5, 5.41) is 5.42. The smallest absolute Gasteiger partial charge is 0.270 e. The second-order valence-electron chi connectivity index (χ2n) is 2.42. The molecule has 0 aromatic heterocycles. The van der Waals surface area contributed by atoms with E-state index in [4.69, 9.17) is 15.9 Å². The molecule has 1 aromatic carbocycles. The molecule has 0 bridgehead atoms.